The van der Waals surface area contributed by atoms with E-state index in [1.54, 1.807) is 18.3 Å². The largest absolute Gasteiger partial charge is 0.391 e. The molecule has 1 heterocycles. The van der Waals surface area contributed by atoms with Crippen molar-refractivity contribution in [3.63, 3.8) is 0 Å². The first kappa shape index (κ1) is 14.5. The fourth-order valence-corrected chi connectivity index (χ4v) is 2.28. The van der Waals surface area contributed by atoms with Crippen molar-refractivity contribution >= 4 is 5.91 Å². The summed E-state index contributed by atoms with van der Waals surface area (Å²) in [6.07, 6.45) is 4.69. The maximum absolute atomic E-state index is 12.0. The van der Waals surface area contributed by atoms with Gasteiger partial charge in [-0.15, -0.1) is 0 Å². The standard InChI is InChI=1S/C15H19N3O2/c16-9-3-4-11-7-8-13(17-10-11)15(20)18-12-5-1-2-6-14(12)19/h7-8,10,12,14,19H,1-2,5-6,9,16H2,(H,18,20). The van der Waals surface area contributed by atoms with Gasteiger partial charge < -0.3 is 16.2 Å². The topological polar surface area (TPSA) is 88.2 Å². The predicted molar refractivity (Wildman–Crippen MR) is 75.9 cm³/mol. The average molecular weight is 273 g/mol. The third kappa shape index (κ3) is 3.80. The lowest BCUT2D eigenvalue weighted by Gasteiger charge is -2.28. The monoisotopic (exact) mass is 273 g/mol. The second-order valence-corrected chi connectivity index (χ2v) is 4.87. The number of amides is 1. The van der Waals surface area contributed by atoms with Gasteiger partial charge >= 0.3 is 0 Å². The number of nitrogens with zero attached hydrogens (tertiary/aromatic N) is 1. The van der Waals surface area contributed by atoms with E-state index in [1.807, 2.05) is 0 Å². The van der Waals surface area contributed by atoms with Crippen LogP contribution in [-0.2, 0) is 0 Å². The van der Waals surface area contributed by atoms with Crippen LogP contribution in [0.1, 0.15) is 41.7 Å². The average Bonchev–Trinajstić information content (AvgIpc) is 2.48. The van der Waals surface area contributed by atoms with Crippen LogP contribution in [0.25, 0.3) is 0 Å². The van der Waals surface area contributed by atoms with Gasteiger partial charge in [0.25, 0.3) is 5.91 Å². The maximum atomic E-state index is 12.0. The van der Waals surface area contributed by atoms with Gasteiger partial charge in [0.1, 0.15) is 5.69 Å². The van der Waals surface area contributed by atoms with E-state index in [4.69, 9.17) is 5.73 Å². The predicted octanol–water partition coefficient (Wildman–Crippen LogP) is 0.425. The molecule has 0 bridgehead atoms. The first-order chi connectivity index (χ1) is 9.70. The molecule has 1 aliphatic rings. The zero-order valence-electron chi connectivity index (χ0n) is 11.3. The van der Waals surface area contributed by atoms with Crippen LogP contribution in [-0.4, -0.2) is 34.7 Å². The number of nitrogens with one attached hydrogen (secondary N) is 1. The number of carbonyl (C=O) groups is 1. The van der Waals surface area contributed by atoms with Gasteiger partial charge in [-0.2, -0.15) is 0 Å². The Morgan fingerprint density at radius 1 is 1.45 bits per heavy atom. The van der Waals surface area contributed by atoms with Crippen LogP contribution < -0.4 is 11.1 Å². The molecule has 1 fully saturated rings. The van der Waals surface area contributed by atoms with E-state index in [1.165, 1.54) is 0 Å². The molecule has 5 nitrogen and oxygen atoms in total. The third-order valence-electron chi connectivity index (χ3n) is 3.38. The molecule has 5 heteroatoms. The molecule has 0 spiro atoms. The number of aliphatic hydroxyl groups is 1. The maximum Gasteiger partial charge on any atom is 0.270 e. The highest BCUT2D eigenvalue weighted by Crippen LogP contribution is 2.18. The van der Waals surface area contributed by atoms with Gasteiger partial charge in [-0.05, 0) is 25.0 Å². The molecule has 0 aliphatic heterocycles. The van der Waals surface area contributed by atoms with E-state index in [-0.39, 0.29) is 11.9 Å². The number of hydrogen-bond donors (Lipinski definition) is 3. The van der Waals surface area contributed by atoms with Gasteiger partial charge in [0, 0.05) is 11.8 Å². The highest BCUT2D eigenvalue weighted by Gasteiger charge is 2.25. The first-order valence-electron chi connectivity index (χ1n) is 6.84. The van der Waals surface area contributed by atoms with Crippen LogP contribution in [0, 0.1) is 11.8 Å². The van der Waals surface area contributed by atoms with Crippen LogP contribution in [0.5, 0.6) is 0 Å². The summed E-state index contributed by atoms with van der Waals surface area (Å²) in [6.45, 7) is 0.293. The molecule has 1 aromatic heterocycles. The summed E-state index contributed by atoms with van der Waals surface area (Å²) < 4.78 is 0. The van der Waals surface area contributed by atoms with Gasteiger partial charge in [0.15, 0.2) is 0 Å². The molecule has 1 saturated carbocycles. The lowest BCUT2D eigenvalue weighted by molar-refractivity contribution is 0.0714. The van der Waals surface area contributed by atoms with E-state index in [9.17, 15) is 9.90 Å². The van der Waals surface area contributed by atoms with Crippen LogP contribution in [0.2, 0.25) is 0 Å². The molecule has 0 aromatic carbocycles. The summed E-state index contributed by atoms with van der Waals surface area (Å²) >= 11 is 0. The summed E-state index contributed by atoms with van der Waals surface area (Å²) in [4.78, 5) is 16.1. The fourth-order valence-electron chi connectivity index (χ4n) is 2.28. The Bertz CT molecular complexity index is 516. The van der Waals surface area contributed by atoms with Crippen molar-refractivity contribution in [1.29, 1.82) is 0 Å². The first-order valence-corrected chi connectivity index (χ1v) is 6.84. The molecular weight excluding hydrogens is 254 g/mol. The summed E-state index contributed by atoms with van der Waals surface area (Å²) in [5.74, 6) is 5.32. The Kier molecular flexibility index (Phi) is 5.10. The molecule has 1 aliphatic carbocycles. The summed E-state index contributed by atoms with van der Waals surface area (Å²) in [5.41, 5.74) is 6.35. The summed E-state index contributed by atoms with van der Waals surface area (Å²) in [7, 11) is 0. The molecule has 2 rings (SSSR count). The molecule has 0 radical (unpaired) electrons. The Labute approximate surface area is 118 Å². The van der Waals surface area contributed by atoms with Crippen LogP contribution >= 0.6 is 0 Å². The van der Waals surface area contributed by atoms with E-state index in [2.05, 4.69) is 22.1 Å². The van der Waals surface area contributed by atoms with E-state index >= 15 is 0 Å². The zero-order chi connectivity index (χ0) is 14.4. The van der Waals surface area contributed by atoms with Crippen LogP contribution in [0.4, 0.5) is 0 Å². The normalized spacial score (nSPS) is 21.7. The number of aliphatic hydroxyl groups excluding tert-OH is 1. The number of carbonyl (C=O) groups excluding carboxylic acids is 1. The molecule has 2 atom stereocenters. The lowest BCUT2D eigenvalue weighted by Crippen LogP contribution is -2.45. The number of rotatable bonds is 2. The van der Waals surface area contributed by atoms with E-state index in [0.717, 1.165) is 31.2 Å². The lowest BCUT2D eigenvalue weighted by atomic mass is 9.92. The minimum atomic E-state index is -0.456. The van der Waals surface area contributed by atoms with Crippen molar-refractivity contribution in [2.75, 3.05) is 6.54 Å². The quantitative estimate of drug-likeness (QED) is 0.682. The van der Waals surface area contributed by atoms with Gasteiger partial charge in [-0.1, -0.05) is 24.7 Å². The minimum absolute atomic E-state index is 0.172. The smallest absolute Gasteiger partial charge is 0.270 e. The Morgan fingerprint density at radius 3 is 2.90 bits per heavy atom. The molecule has 20 heavy (non-hydrogen) atoms. The highest BCUT2D eigenvalue weighted by atomic mass is 16.3. The SMILES string of the molecule is NCC#Cc1ccc(C(=O)NC2CCCCC2O)nc1. The Balaban J connectivity index is 1.98. The van der Waals surface area contributed by atoms with Gasteiger partial charge in [-0.25, -0.2) is 4.98 Å². The zero-order valence-corrected chi connectivity index (χ0v) is 11.3. The minimum Gasteiger partial charge on any atom is -0.391 e. The third-order valence-corrected chi connectivity index (χ3v) is 3.38. The fraction of sp³-hybridized carbons (Fsp3) is 0.467. The molecule has 4 N–H and O–H groups in total. The van der Waals surface area contributed by atoms with Crippen LogP contribution in [0.3, 0.4) is 0 Å². The molecular formula is C15H19N3O2. The number of pyridine rings is 1. The summed E-state index contributed by atoms with van der Waals surface area (Å²) in [5, 5.41) is 12.7. The van der Waals surface area contributed by atoms with Gasteiger partial charge in [-0.3, -0.25) is 4.79 Å². The number of hydrogen-bond acceptors (Lipinski definition) is 4. The van der Waals surface area contributed by atoms with Crippen molar-refractivity contribution in [1.82, 2.24) is 10.3 Å². The van der Waals surface area contributed by atoms with Gasteiger partial charge in [0.2, 0.25) is 0 Å². The molecule has 1 amide bonds. The van der Waals surface area contributed by atoms with Crippen molar-refractivity contribution in [2.45, 2.75) is 37.8 Å². The van der Waals surface area contributed by atoms with Crippen molar-refractivity contribution in [3.8, 4) is 11.8 Å². The Hall–Kier alpha value is -1.90. The molecule has 1 aromatic rings. The summed E-state index contributed by atoms with van der Waals surface area (Å²) in [6, 6.07) is 3.20. The van der Waals surface area contributed by atoms with Gasteiger partial charge in [0.05, 0.1) is 18.7 Å². The van der Waals surface area contributed by atoms with Crippen molar-refractivity contribution < 1.29 is 9.90 Å². The second-order valence-electron chi connectivity index (χ2n) is 4.87. The highest BCUT2D eigenvalue weighted by molar-refractivity contribution is 5.92. The molecule has 0 saturated heterocycles. The Morgan fingerprint density at radius 2 is 2.25 bits per heavy atom. The van der Waals surface area contributed by atoms with Crippen LogP contribution in [0.15, 0.2) is 18.3 Å². The van der Waals surface area contributed by atoms with Crippen molar-refractivity contribution in [3.05, 3.63) is 29.6 Å². The molecule has 2 unspecified atom stereocenters. The van der Waals surface area contributed by atoms with E-state index < -0.39 is 6.10 Å². The number of aromatic nitrogens is 1. The number of nitrogens with two attached hydrogens (primary N) is 1. The van der Waals surface area contributed by atoms with Crippen molar-refractivity contribution in [2.24, 2.45) is 5.73 Å². The molecule has 106 valence electrons. The second kappa shape index (κ2) is 7.04. The van der Waals surface area contributed by atoms with E-state index in [0.29, 0.717) is 12.2 Å².